The highest BCUT2D eigenvalue weighted by molar-refractivity contribution is 7.99. The molecule has 5 heteroatoms. The monoisotopic (exact) mass is 246 g/mol. The van der Waals surface area contributed by atoms with Crippen molar-refractivity contribution < 1.29 is 0 Å². The Kier molecular flexibility index (Phi) is 3.71. The summed E-state index contributed by atoms with van der Waals surface area (Å²) in [4.78, 5) is 12.9. The number of pyridine rings is 1. The first-order valence-corrected chi connectivity index (χ1v) is 6.13. The lowest BCUT2D eigenvalue weighted by Crippen LogP contribution is -1.99. The van der Waals surface area contributed by atoms with Crippen molar-refractivity contribution in [1.29, 1.82) is 0 Å². The van der Waals surface area contributed by atoms with Crippen LogP contribution in [-0.2, 0) is 6.54 Å². The number of aryl methyl sites for hydroxylation is 2. The molecule has 0 bridgehead atoms. The van der Waals surface area contributed by atoms with Gasteiger partial charge in [0.2, 0.25) is 0 Å². The van der Waals surface area contributed by atoms with E-state index in [1.807, 2.05) is 19.9 Å². The van der Waals surface area contributed by atoms with E-state index in [1.54, 1.807) is 18.6 Å². The molecule has 0 aliphatic rings. The van der Waals surface area contributed by atoms with Crippen LogP contribution in [0.1, 0.15) is 16.7 Å². The van der Waals surface area contributed by atoms with Crippen molar-refractivity contribution in [1.82, 2.24) is 15.0 Å². The molecule has 0 unspecified atom stereocenters. The molecule has 0 aliphatic carbocycles. The zero-order valence-electron chi connectivity index (χ0n) is 9.84. The minimum atomic E-state index is 0.514. The van der Waals surface area contributed by atoms with Crippen LogP contribution < -0.4 is 5.73 Å². The van der Waals surface area contributed by atoms with Gasteiger partial charge in [-0.25, -0.2) is 15.0 Å². The fraction of sp³-hybridized carbons (Fsp3) is 0.250. The van der Waals surface area contributed by atoms with Crippen LogP contribution in [0, 0.1) is 13.8 Å². The van der Waals surface area contributed by atoms with Gasteiger partial charge in [0.15, 0.2) is 5.16 Å². The minimum Gasteiger partial charge on any atom is -0.326 e. The summed E-state index contributed by atoms with van der Waals surface area (Å²) in [5, 5.41) is 1.64. The lowest BCUT2D eigenvalue weighted by atomic mass is 10.2. The first-order valence-electron chi connectivity index (χ1n) is 5.31. The van der Waals surface area contributed by atoms with Crippen LogP contribution >= 0.6 is 11.8 Å². The first kappa shape index (κ1) is 12.0. The Balaban J connectivity index is 2.21. The van der Waals surface area contributed by atoms with Crippen LogP contribution in [0.15, 0.2) is 34.8 Å². The summed E-state index contributed by atoms with van der Waals surface area (Å²) < 4.78 is 0. The van der Waals surface area contributed by atoms with Gasteiger partial charge < -0.3 is 5.73 Å². The molecule has 0 atom stereocenters. The highest BCUT2D eigenvalue weighted by atomic mass is 32.2. The molecule has 88 valence electrons. The first-order chi connectivity index (χ1) is 8.19. The number of nitrogens with two attached hydrogens (primary N) is 1. The zero-order valence-corrected chi connectivity index (χ0v) is 10.7. The lowest BCUT2D eigenvalue weighted by molar-refractivity contribution is 0.935. The lowest BCUT2D eigenvalue weighted by Gasteiger charge is -2.05. The quantitative estimate of drug-likeness (QED) is 0.840. The largest absolute Gasteiger partial charge is 0.326 e. The van der Waals surface area contributed by atoms with Crippen LogP contribution in [-0.4, -0.2) is 15.0 Å². The van der Waals surface area contributed by atoms with Crippen LogP contribution in [0.25, 0.3) is 0 Å². The van der Waals surface area contributed by atoms with Crippen molar-refractivity contribution in [2.75, 3.05) is 0 Å². The number of nitrogens with zero attached hydrogens (tertiary/aromatic N) is 3. The Morgan fingerprint density at radius 2 is 1.82 bits per heavy atom. The molecule has 0 saturated carbocycles. The van der Waals surface area contributed by atoms with Gasteiger partial charge in [-0.1, -0.05) is 6.07 Å². The van der Waals surface area contributed by atoms with Gasteiger partial charge in [-0.05, 0) is 42.3 Å². The molecule has 0 saturated heterocycles. The molecule has 4 nitrogen and oxygen atoms in total. The average Bonchev–Trinajstić information content (AvgIpc) is 2.34. The molecule has 0 aromatic carbocycles. The van der Waals surface area contributed by atoms with Crippen molar-refractivity contribution in [2.45, 2.75) is 30.6 Å². The van der Waals surface area contributed by atoms with E-state index in [0.717, 1.165) is 21.7 Å². The van der Waals surface area contributed by atoms with Crippen LogP contribution in [0.4, 0.5) is 0 Å². The highest BCUT2D eigenvalue weighted by Crippen LogP contribution is 2.25. The molecule has 0 spiro atoms. The summed E-state index contributed by atoms with van der Waals surface area (Å²) in [6.45, 7) is 4.50. The van der Waals surface area contributed by atoms with Crippen molar-refractivity contribution in [3.63, 3.8) is 0 Å². The topological polar surface area (TPSA) is 64.7 Å². The van der Waals surface area contributed by atoms with Gasteiger partial charge in [-0.2, -0.15) is 0 Å². The number of hydrogen-bond acceptors (Lipinski definition) is 5. The van der Waals surface area contributed by atoms with E-state index in [9.17, 15) is 0 Å². The van der Waals surface area contributed by atoms with E-state index in [2.05, 4.69) is 15.0 Å². The molecule has 0 radical (unpaired) electrons. The fourth-order valence-electron chi connectivity index (χ4n) is 1.36. The van der Waals surface area contributed by atoms with E-state index >= 15 is 0 Å². The smallest absolute Gasteiger partial charge is 0.193 e. The molecule has 2 rings (SSSR count). The highest BCUT2D eigenvalue weighted by Gasteiger charge is 2.05. The van der Waals surface area contributed by atoms with Gasteiger partial charge in [0.25, 0.3) is 0 Å². The summed E-state index contributed by atoms with van der Waals surface area (Å²) in [7, 11) is 0. The minimum absolute atomic E-state index is 0.514. The average molecular weight is 246 g/mol. The van der Waals surface area contributed by atoms with Crippen LogP contribution in [0.3, 0.4) is 0 Å². The predicted molar refractivity (Wildman–Crippen MR) is 67.8 cm³/mol. The Morgan fingerprint density at radius 1 is 1.12 bits per heavy atom. The Labute approximate surface area is 105 Å². The Hall–Kier alpha value is -1.46. The van der Waals surface area contributed by atoms with Gasteiger partial charge in [-0.3, -0.25) is 0 Å². The molecule has 0 aliphatic heterocycles. The molecule has 0 fully saturated rings. The number of hydrogen-bond donors (Lipinski definition) is 1. The second-order valence-electron chi connectivity index (χ2n) is 3.81. The zero-order chi connectivity index (χ0) is 12.3. The maximum absolute atomic E-state index is 5.57. The van der Waals surface area contributed by atoms with Gasteiger partial charge in [-0.15, -0.1) is 0 Å². The summed E-state index contributed by atoms with van der Waals surface area (Å²) in [5.74, 6) is 0. The molecular weight excluding hydrogens is 232 g/mol. The number of aromatic nitrogens is 3. The standard InChI is InChI=1S/C12H14N4S/c1-8-5-15-12(16-6-8)17-11-9(2)3-10(4-13)7-14-11/h3,5-7H,4,13H2,1-2H3. The second-order valence-corrected chi connectivity index (χ2v) is 4.77. The summed E-state index contributed by atoms with van der Waals surface area (Å²) in [5.41, 5.74) is 8.76. The van der Waals surface area contributed by atoms with E-state index in [4.69, 9.17) is 5.73 Å². The number of rotatable bonds is 3. The molecule has 2 aromatic heterocycles. The summed E-state index contributed by atoms with van der Waals surface area (Å²) >= 11 is 1.47. The van der Waals surface area contributed by atoms with Crippen LogP contribution in [0.2, 0.25) is 0 Å². The van der Waals surface area contributed by atoms with E-state index in [1.165, 1.54) is 11.8 Å². The molecule has 17 heavy (non-hydrogen) atoms. The molecule has 2 N–H and O–H groups in total. The maximum Gasteiger partial charge on any atom is 0.193 e. The third-order valence-electron chi connectivity index (χ3n) is 2.27. The van der Waals surface area contributed by atoms with Gasteiger partial charge >= 0.3 is 0 Å². The Bertz CT molecular complexity index is 510. The summed E-state index contributed by atoms with van der Waals surface area (Å²) in [6, 6.07) is 2.05. The maximum atomic E-state index is 5.57. The Morgan fingerprint density at radius 3 is 2.41 bits per heavy atom. The van der Waals surface area contributed by atoms with E-state index in [-0.39, 0.29) is 0 Å². The summed E-state index contributed by atoms with van der Waals surface area (Å²) in [6.07, 6.45) is 5.40. The third kappa shape index (κ3) is 3.01. The van der Waals surface area contributed by atoms with Crippen molar-refractivity contribution in [3.05, 3.63) is 41.3 Å². The van der Waals surface area contributed by atoms with Gasteiger partial charge in [0.05, 0.1) is 0 Å². The molecule has 0 amide bonds. The molecule has 2 aromatic rings. The third-order valence-corrected chi connectivity index (χ3v) is 3.28. The van der Waals surface area contributed by atoms with Crippen LogP contribution in [0.5, 0.6) is 0 Å². The molecular formula is C12H14N4S. The van der Waals surface area contributed by atoms with Gasteiger partial charge in [0.1, 0.15) is 5.03 Å². The SMILES string of the molecule is Cc1cnc(Sc2ncc(CN)cc2C)nc1. The normalized spacial score (nSPS) is 10.5. The van der Waals surface area contributed by atoms with Crippen molar-refractivity contribution in [2.24, 2.45) is 5.73 Å². The van der Waals surface area contributed by atoms with Crippen molar-refractivity contribution >= 4 is 11.8 Å². The predicted octanol–water partition coefficient (Wildman–Crippen LogP) is 2.10. The second kappa shape index (κ2) is 5.25. The van der Waals surface area contributed by atoms with E-state index in [0.29, 0.717) is 11.7 Å². The molecule has 2 heterocycles. The van der Waals surface area contributed by atoms with E-state index < -0.39 is 0 Å². The fourth-order valence-corrected chi connectivity index (χ4v) is 2.07. The van der Waals surface area contributed by atoms with Gasteiger partial charge in [0, 0.05) is 25.1 Å². The van der Waals surface area contributed by atoms with Crippen molar-refractivity contribution in [3.8, 4) is 0 Å².